The minimum Gasteiger partial charge on any atom is -0.456 e. The minimum absolute atomic E-state index is 0.422. The van der Waals surface area contributed by atoms with Crippen LogP contribution in [0.15, 0.2) is 71.1 Å². The number of aromatic nitrogens is 1. The zero-order valence-corrected chi connectivity index (χ0v) is 19.2. The van der Waals surface area contributed by atoms with Crippen LogP contribution < -0.4 is 4.57 Å². The highest BCUT2D eigenvalue weighted by molar-refractivity contribution is 6.16. The Bertz CT molecular complexity index is 1730. The molecule has 3 heteroatoms. The molecule has 5 rings (SSSR count). The second kappa shape index (κ2) is 7.90. The highest BCUT2D eigenvalue weighted by atomic mass is 16.3. The van der Waals surface area contributed by atoms with Gasteiger partial charge in [-0.05, 0) is 47.2 Å². The van der Waals surface area contributed by atoms with Crippen LogP contribution in [0.2, 0.25) is 0 Å². The molecule has 0 saturated carbocycles. The summed E-state index contributed by atoms with van der Waals surface area (Å²) in [5.41, 5.74) is 7.54. The number of benzene rings is 3. The largest absolute Gasteiger partial charge is 0.456 e. The van der Waals surface area contributed by atoms with Crippen LogP contribution in [-0.4, -0.2) is 0 Å². The molecule has 162 valence electrons. The third-order valence-electron chi connectivity index (χ3n) is 6.38. The Morgan fingerprint density at radius 2 is 1.85 bits per heavy atom. The van der Waals surface area contributed by atoms with Crippen molar-refractivity contribution in [2.75, 3.05) is 0 Å². The van der Waals surface area contributed by atoms with E-state index in [1.165, 1.54) is 6.92 Å². The van der Waals surface area contributed by atoms with Crippen molar-refractivity contribution < 1.29 is 14.5 Å². The molecule has 0 bridgehead atoms. The van der Waals surface area contributed by atoms with Crippen LogP contribution in [-0.2, 0) is 7.05 Å². The van der Waals surface area contributed by atoms with Gasteiger partial charge in [-0.1, -0.05) is 56.2 Å². The third-order valence-corrected chi connectivity index (χ3v) is 6.38. The molecule has 0 amide bonds. The molecule has 0 aliphatic carbocycles. The van der Waals surface area contributed by atoms with Gasteiger partial charge >= 0.3 is 0 Å². The summed E-state index contributed by atoms with van der Waals surface area (Å²) in [6.07, 6.45) is 0. The lowest BCUT2D eigenvalue weighted by Crippen LogP contribution is -2.35. The first-order chi connectivity index (χ1) is 17.4. The average molecular weight is 436 g/mol. The summed E-state index contributed by atoms with van der Waals surface area (Å²) in [6.45, 7) is 10.5. The molecule has 0 saturated heterocycles. The summed E-state index contributed by atoms with van der Waals surface area (Å²) in [7, 11) is 1.93. The van der Waals surface area contributed by atoms with Crippen LogP contribution in [0.25, 0.3) is 49.2 Å². The molecule has 5 aromatic rings. The number of pyridine rings is 1. The van der Waals surface area contributed by atoms with Gasteiger partial charge in [0.1, 0.15) is 18.2 Å². The maximum atomic E-state index is 8.69. The molecule has 0 fully saturated rings. The van der Waals surface area contributed by atoms with Crippen LogP contribution in [0.5, 0.6) is 0 Å². The average Bonchev–Trinajstić information content (AvgIpc) is 3.23. The Labute approximate surface area is 200 Å². The van der Waals surface area contributed by atoms with E-state index in [9.17, 15) is 0 Å². The lowest BCUT2D eigenvalue weighted by Gasteiger charge is -2.11. The molecule has 0 N–H and O–H groups in total. The first kappa shape index (κ1) is 16.7. The fourth-order valence-corrected chi connectivity index (χ4v) is 4.54. The molecule has 1 atom stereocenters. The van der Waals surface area contributed by atoms with Crippen LogP contribution in [0.4, 0.5) is 5.69 Å². The normalized spacial score (nSPS) is 15.4. The molecule has 0 aliphatic rings. The fraction of sp³-hybridized carbons (Fsp3) is 0.200. The van der Waals surface area contributed by atoms with E-state index in [-0.39, 0.29) is 0 Å². The van der Waals surface area contributed by atoms with Gasteiger partial charge in [0, 0.05) is 35.3 Å². The van der Waals surface area contributed by atoms with E-state index in [0.29, 0.717) is 22.4 Å². The number of nitrogens with zero attached hydrogens (tertiary/aromatic N) is 2. The molecule has 0 aliphatic heterocycles. The van der Waals surface area contributed by atoms with E-state index in [1.54, 1.807) is 18.2 Å². The summed E-state index contributed by atoms with van der Waals surface area (Å²) in [4.78, 5) is 3.67. The van der Waals surface area contributed by atoms with Crippen LogP contribution in [0.1, 0.15) is 42.0 Å². The zero-order chi connectivity index (χ0) is 26.7. The summed E-state index contributed by atoms with van der Waals surface area (Å²) < 4.78 is 41.1. The van der Waals surface area contributed by atoms with E-state index in [2.05, 4.69) is 4.85 Å². The number of furan rings is 1. The SMILES string of the molecule is [2H]C([2H])([2H])C([2H])(C)c1cc(C)[n+](C)c(-c2c(C)ccc3c2oc2cc([N+]#[C-])cc(-c4ccccc4)c23)c1. The van der Waals surface area contributed by atoms with Gasteiger partial charge in [0.05, 0.1) is 12.1 Å². The standard InChI is InChI=1S/C30H27N2O/c1-18(2)22-14-20(4)32(6)26(15-22)28-19(3)12-13-24-29-25(21-10-8-7-9-11-21)16-23(31-5)17-27(29)33-30(24)28/h7-18H,1-4,6H3/q+1/i1D3,18D. The minimum atomic E-state index is -2.49. The molecule has 1 unspecified atom stereocenters. The molecular formula is C30H27N2O+. The molecule has 0 radical (unpaired) electrons. The molecule has 33 heavy (non-hydrogen) atoms. The topological polar surface area (TPSA) is 21.4 Å². The van der Waals surface area contributed by atoms with Crippen molar-refractivity contribution >= 4 is 27.6 Å². The summed E-state index contributed by atoms with van der Waals surface area (Å²) in [5, 5.41) is 1.84. The second-order valence-corrected chi connectivity index (χ2v) is 8.54. The van der Waals surface area contributed by atoms with E-state index in [1.807, 2.05) is 74.0 Å². The molecule has 3 nitrogen and oxygen atoms in total. The van der Waals surface area contributed by atoms with Gasteiger partial charge in [0.15, 0.2) is 11.4 Å². The monoisotopic (exact) mass is 435 g/mol. The van der Waals surface area contributed by atoms with Crippen LogP contribution >= 0.6 is 0 Å². The van der Waals surface area contributed by atoms with Gasteiger partial charge in [0.2, 0.25) is 5.69 Å². The summed E-state index contributed by atoms with van der Waals surface area (Å²) in [6, 6.07) is 21.3. The van der Waals surface area contributed by atoms with Crippen molar-refractivity contribution in [1.29, 1.82) is 0 Å². The highest BCUT2D eigenvalue weighted by Gasteiger charge is 2.24. The number of aryl methyl sites for hydroxylation is 2. The molecule has 2 heterocycles. The second-order valence-electron chi connectivity index (χ2n) is 8.54. The van der Waals surface area contributed by atoms with Gasteiger partial charge in [-0.2, -0.15) is 4.57 Å². The number of fused-ring (bicyclic) bond motifs is 3. The summed E-state index contributed by atoms with van der Waals surface area (Å²) >= 11 is 0. The quantitative estimate of drug-likeness (QED) is 0.208. The van der Waals surface area contributed by atoms with E-state index < -0.39 is 12.7 Å². The number of hydrogen-bond acceptors (Lipinski definition) is 1. The van der Waals surface area contributed by atoms with Gasteiger partial charge in [0.25, 0.3) is 0 Å². The molecule has 2 aromatic heterocycles. The third kappa shape index (κ3) is 3.39. The lowest BCUT2D eigenvalue weighted by atomic mass is 9.94. The van der Waals surface area contributed by atoms with Crippen molar-refractivity contribution in [2.24, 2.45) is 7.05 Å². The molecular weight excluding hydrogens is 404 g/mol. The van der Waals surface area contributed by atoms with Crippen molar-refractivity contribution in [3.05, 3.63) is 95.0 Å². The van der Waals surface area contributed by atoms with E-state index >= 15 is 0 Å². The van der Waals surface area contributed by atoms with Crippen LogP contribution in [0, 0.1) is 20.4 Å². The summed E-state index contributed by atoms with van der Waals surface area (Å²) in [5.74, 6) is -1.78. The molecule has 3 aromatic carbocycles. The predicted octanol–water partition coefficient (Wildman–Crippen LogP) is 8.04. The Balaban J connectivity index is 1.88. The van der Waals surface area contributed by atoms with E-state index in [0.717, 1.165) is 44.4 Å². The lowest BCUT2D eigenvalue weighted by molar-refractivity contribution is -0.666. The van der Waals surface area contributed by atoms with Gasteiger partial charge < -0.3 is 4.42 Å². The maximum absolute atomic E-state index is 8.69. The smallest absolute Gasteiger partial charge is 0.216 e. The first-order valence-corrected chi connectivity index (χ1v) is 10.9. The molecule has 0 spiro atoms. The Morgan fingerprint density at radius 3 is 2.58 bits per heavy atom. The van der Waals surface area contributed by atoms with Gasteiger partial charge in [-0.15, -0.1) is 0 Å². The Hall–Kier alpha value is -3.90. The Kier molecular flexibility index (Phi) is 4.00. The highest BCUT2D eigenvalue weighted by Crippen LogP contribution is 2.43. The van der Waals surface area contributed by atoms with Gasteiger partial charge in [-0.25, -0.2) is 4.85 Å². The number of hydrogen-bond donors (Lipinski definition) is 0. The Morgan fingerprint density at radius 1 is 1.06 bits per heavy atom. The zero-order valence-electron chi connectivity index (χ0n) is 23.2. The fourth-order valence-electron chi connectivity index (χ4n) is 4.54. The van der Waals surface area contributed by atoms with Crippen molar-refractivity contribution in [3.8, 4) is 22.4 Å². The first-order valence-electron chi connectivity index (χ1n) is 12.9. The predicted molar refractivity (Wildman–Crippen MR) is 136 cm³/mol. The van der Waals surface area contributed by atoms with Crippen molar-refractivity contribution in [1.82, 2.24) is 0 Å². The van der Waals surface area contributed by atoms with E-state index in [4.69, 9.17) is 16.5 Å². The van der Waals surface area contributed by atoms with Crippen molar-refractivity contribution in [2.45, 2.75) is 33.5 Å². The van der Waals surface area contributed by atoms with Gasteiger partial charge in [-0.3, -0.25) is 0 Å². The maximum Gasteiger partial charge on any atom is 0.216 e. The number of rotatable bonds is 3. The van der Waals surface area contributed by atoms with Crippen molar-refractivity contribution in [3.63, 3.8) is 0 Å². The van der Waals surface area contributed by atoms with Crippen LogP contribution in [0.3, 0.4) is 0 Å².